The maximum absolute atomic E-state index is 11.2. The van der Waals surface area contributed by atoms with Gasteiger partial charge in [-0.25, -0.2) is 0 Å². The summed E-state index contributed by atoms with van der Waals surface area (Å²) in [6, 6.07) is 5.86. The first-order valence-corrected chi connectivity index (χ1v) is 6.15. The molecular formula is C13H18N2O3. The van der Waals surface area contributed by atoms with E-state index in [1.807, 2.05) is 18.2 Å². The fourth-order valence-electron chi connectivity index (χ4n) is 1.81. The Bertz CT molecular complexity index is 421. The second-order valence-corrected chi connectivity index (χ2v) is 4.12. The van der Waals surface area contributed by atoms with Gasteiger partial charge in [0.2, 0.25) is 5.91 Å². The first-order valence-electron chi connectivity index (χ1n) is 6.15. The van der Waals surface area contributed by atoms with Gasteiger partial charge in [-0.3, -0.25) is 4.79 Å². The highest BCUT2D eigenvalue weighted by Gasteiger charge is 2.11. The Morgan fingerprint density at radius 3 is 2.83 bits per heavy atom. The number of amides is 1. The Hall–Kier alpha value is -1.75. The van der Waals surface area contributed by atoms with Crippen molar-refractivity contribution in [3.05, 3.63) is 23.8 Å². The van der Waals surface area contributed by atoms with Gasteiger partial charge in [-0.2, -0.15) is 0 Å². The van der Waals surface area contributed by atoms with Gasteiger partial charge < -0.3 is 20.5 Å². The molecule has 0 aliphatic carbocycles. The Morgan fingerprint density at radius 1 is 1.28 bits per heavy atom. The third kappa shape index (κ3) is 3.37. The molecule has 2 rings (SSSR count). The summed E-state index contributed by atoms with van der Waals surface area (Å²) in [5.41, 5.74) is 6.42. The lowest BCUT2D eigenvalue weighted by Crippen LogP contribution is -2.27. The zero-order chi connectivity index (χ0) is 12.8. The Balaban J connectivity index is 1.84. The van der Waals surface area contributed by atoms with Crippen molar-refractivity contribution in [1.29, 1.82) is 0 Å². The summed E-state index contributed by atoms with van der Waals surface area (Å²) in [4.78, 5) is 11.2. The highest BCUT2D eigenvalue weighted by atomic mass is 16.6. The summed E-state index contributed by atoms with van der Waals surface area (Å²) >= 11 is 0. The van der Waals surface area contributed by atoms with Crippen molar-refractivity contribution in [2.45, 2.75) is 12.8 Å². The number of hydrogen-bond donors (Lipinski definition) is 2. The number of fused-ring (bicyclic) bond motifs is 1. The third-order valence-corrected chi connectivity index (χ3v) is 2.71. The Morgan fingerprint density at radius 2 is 2.06 bits per heavy atom. The number of nitrogens with two attached hydrogens (primary N) is 1. The molecule has 5 heteroatoms. The van der Waals surface area contributed by atoms with E-state index in [1.54, 1.807) is 0 Å². The van der Waals surface area contributed by atoms with Crippen LogP contribution in [0.5, 0.6) is 11.5 Å². The van der Waals surface area contributed by atoms with Crippen LogP contribution in [0.25, 0.3) is 0 Å². The number of hydrogen-bond acceptors (Lipinski definition) is 4. The van der Waals surface area contributed by atoms with E-state index in [2.05, 4.69) is 5.32 Å². The smallest absolute Gasteiger partial charge is 0.221 e. The molecule has 3 N–H and O–H groups in total. The fraction of sp³-hybridized carbons (Fsp3) is 0.462. The first-order chi connectivity index (χ1) is 8.79. The first kappa shape index (κ1) is 12.7. The average Bonchev–Trinajstić information content (AvgIpc) is 2.39. The van der Waals surface area contributed by atoms with E-state index in [9.17, 15) is 4.79 Å². The van der Waals surface area contributed by atoms with E-state index >= 15 is 0 Å². The van der Waals surface area contributed by atoms with Gasteiger partial charge in [-0.1, -0.05) is 6.07 Å². The zero-order valence-corrected chi connectivity index (χ0v) is 10.3. The minimum Gasteiger partial charge on any atom is -0.486 e. The zero-order valence-electron chi connectivity index (χ0n) is 10.3. The molecule has 0 spiro atoms. The second kappa shape index (κ2) is 6.26. The number of carbonyl (C=O) groups is 1. The number of carbonyl (C=O) groups excluding carboxylic acids is 1. The lowest BCUT2D eigenvalue weighted by Gasteiger charge is -2.18. The van der Waals surface area contributed by atoms with Gasteiger partial charge in [-0.05, 0) is 24.1 Å². The average molecular weight is 250 g/mol. The molecule has 5 nitrogen and oxygen atoms in total. The molecule has 0 atom stereocenters. The molecule has 1 aromatic rings. The van der Waals surface area contributed by atoms with Gasteiger partial charge in [0.05, 0.1) is 0 Å². The molecule has 1 amide bonds. The predicted octanol–water partition coefficient (Wildman–Crippen LogP) is 0.465. The van der Waals surface area contributed by atoms with E-state index in [4.69, 9.17) is 15.2 Å². The SMILES string of the molecule is NCCC(=O)NCCc1ccc2c(c1)OCCO2. The lowest BCUT2D eigenvalue weighted by molar-refractivity contribution is -0.120. The standard InChI is InChI=1S/C13H18N2O3/c14-5-3-13(16)15-6-4-10-1-2-11-12(9-10)18-8-7-17-11/h1-2,9H,3-8,14H2,(H,15,16). The molecule has 0 unspecified atom stereocenters. The molecule has 18 heavy (non-hydrogen) atoms. The van der Waals surface area contributed by atoms with Crippen LogP contribution in [0.1, 0.15) is 12.0 Å². The third-order valence-electron chi connectivity index (χ3n) is 2.71. The van der Waals surface area contributed by atoms with Gasteiger partial charge >= 0.3 is 0 Å². The largest absolute Gasteiger partial charge is 0.486 e. The number of rotatable bonds is 5. The summed E-state index contributed by atoms with van der Waals surface area (Å²) in [6.45, 7) is 2.18. The van der Waals surface area contributed by atoms with Crippen LogP contribution in [0.3, 0.4) is 0 Å². The van der Waals surface area contributed by atoms with E-state index in [1.165, 1.54) is 0 Å². The molecule has 0 bridgehead atoms. The highest BCUT2D eigenvalue weighted by molar-refractivity contribution is 5.76. The van der Waals surface area contributed by atoms with Crippen LogP contribution in [-0.4, -0.2) is 32.2 Å². The molecular weight excluding hydrogens is 232 g/mol. The van der Waals surface area contributed by atoms with Crippen LogP contribution >= 0.6 is 0 Å². The maximum atomic E-state index is 11.2. The van der Waals surface area contributed by atoms with E-state index in [0.29, 0.717) is 32.7 Å². The van der Waals surface area contributed by atoms with Crippen molar-refractivity contribution < 1.29 is 14.3 Å². The van der Waals surface area contributed by atoms with Crippen molar-refractivity contribution in [3.63, 3.8) is 0 Å². The fourth-order valence-corrected chi connectivity index (χ4v) is 1.81. The maximum Gasteiger partial charge on any atom is 0.221 e. The topological polar surface area (TPSA) is 73.6 Å². The minimum atomic E-state index is -0.00459. The molecule has 98 valence electrons. The lowest BCUT2D eigenvalue weighted by atomic mass is 10.1. The normalized spacial score (nSPS) is 13.2. The number of ether oxygens (including phenoxy) is 2. The van der Waals surface area contributed by atoms with Crippen molar-refractivity contribution in [2.75, 3.05) is 26.3 Å². The summed E-state index contributed by atoms with van der Waals surface area (Å²) in [6.07, 6.45) is 1.15. The quantitative estimate of drug-likeness (QED) is 0.796. The van der Waals surface area contributed by atoms with Crippen LogP contribution in [-0.2, 0) is 11.2 Å². The summed E-state index contributed by atoms with van der Waals surface area (Å²) < 4.78 is 10.9. The van der Waals surface area contributed by atoms with Crippen LogP contribution < -0.4 is 20.5 Å². The van der Waals surface area contributed by atoms with E-state index in [-0.39, 0.29) is 5.91 Å². The van der Waals surface area contributed by atoms with Crippen molar-refractivity contribution in [2.24, 2.45) is 5.73 Å². The van der Waals surface area contributed by atoms with E-state index in [0.717, 1.165) is 23.5 Å². The summed E-state index contributed by atoms with van der Waals surface area (Å²) in [5, 5.41) is 2.82. The van der Waals surface area contributed by atoms with Gasteiger partial charge in [0.15, 0.2) is 11.5 Å². The van der Waals surface area contributed by atoms with Crippen LogP contribution in [0, 0.1) is 0 Å². The molecule has 0 aromatic heterocycles. The Labute approximate surface area is 106 Å². The number of nitrogens with one attached hydrogen (secondary N) is 1. The second-order valence-electron chi connectivity index (χ2n) is 4.12. The van der Waals surface area contributed by atoms with Crippen molar-refractivity contribution in [3.8, 4) is 11.5 Å². The van der Waals surface area contributed by atoms with Crippen LogP contribution in [0.15, 0.2) is 18.2 Å². The minimum absolute atomic E-state index is 0.00459. The van der Waals surface area contributed by atoms with E-state index < -0.39 is 0 Å². The molecule has 1 heterocycles. The van der Waals surface area contributed by atoms with Crippen molar-refractivity contribution >= 4 is 5.91 Å². The van der Waals surface area contributed by atoms with Gasteiger partial charge in [0, 0.05) is 19.5 Å². The van der Waals surface area contributed by atoms with Crippen LogP contribution in [0.4, 0.5) is 0 Å². The van der Waals surface area contributed by atoms with Crippen LogP contribution in [0.2, 0.25) is 0 Å². The summed E-state index contributed by atoms with van der Waals surface area (Å²) in [5.74, 6) is 1.57. The van der Waals surface area contributed by atoms with Gasteiger partial charge in [-0.15, -0.1) is 0 Å². The molecule has 1 aliphatic heterocycles. The van der Waals surface area contributed by atoms with Gasteiger partial charge in [0.25, 0.3) is 0 Å². The van der Waals surface area contributed by atoms with Crippen molar-refractivity contribution in [1.82, 2.24) is 5.32 Å². The number of benzene rings is 1. The molecule has 1 aliphatic rings. The molecule has 0 fully saturated rings. The molecule has 0 saturated heterocycles. The predicted molar refractivity (Wildman–Crippen MR) is 67.8 cm³/mol. The monoisotopic (exact) mass is 250 g/mol. The molecule has 1 aromatic carbocycles. The molecule has 0 radical (unpaired) electrons. The Kier molecular flexibility index (Phi) is 4.41. The van der Waals surface area contributed by atoms with Gasteiger partial charge in [0.1, 0.15) is 13.2 Å². The summed E-state index contributed by atoms with van der Waals surface area (Å²) in [7, 11) is 0. The molecule has 0 saturated carbocycles. The highest BCUT2D eigenvalue weighted by Crippen LogP contribution is 2.30.